The molecule has 0 saturated heterocycles. The van der Waals surface area contributed by atoms with Gasteiger partial charge in [0, 0.05) is 8.95 Å². The number of hydrogen-bond acceptors (Lipinski definition) is 1. The summed E-state index contributed by atoms with van der Waals surface area (Å²) in [5.41, 5.74) is -0.152. The van der Waals surface area contributed by atoms with Crippen molar-refractivity contribution in [3.05, 3.63) is 62.5 Å². The van der Waals surface area contributed by atoms with E-state index in [-0.39, 0.29) is 11.3 Å². The molecule has 2 rings (SSSR count). The Kier molecular flexibility index (Phi) is 4.31. The Labute approximate surface area is 125 Å². The number of nitrogens with one attached hydrogen (secondary N) is 1. The van der Waals surface area contributed by atoms with E-state index >= 15 is 0 Å². The van der Waals surface area contributed by atoms with Crippen LogP contribution in [-0.2, 0) is 0 Å². The van der Waals surface area contributed by atoms with E-state index in [0.717, 1.165) is 0 Å². The molecule has 0 atom stereocenters. The minimum Gasteiger partial charge on any atom is -0.319 e. The number of benzene rings is 2. The number of hydrogen-bond donors (Lipinski definition) is 1. The van der Waals surface area contributed by atoms with Crippen LogP contribution in [0.25, 0.3) is 0 Å². The first kappa shape index (κ1) is 14.1. The zero-order valence-corrected chi connectivity index (χ0v) is 12.6. The summed E-state index contributed by atoms with van der Waals surface area (Å²) in [5, 5.41) is 2.32. The van der Waals surface area contributed by atoms with Crippen LogP contribution in [0, 0.1) is 11.6 Å². The van der Waals surface area contributed by atoms with Crippen LogP contribution in [0.5, 0.6) is 0 Å². The Balaban J connectivity index is 2.25. The van der Waals surface area contributed by atoms with Crippen LogP contribution < -0.4 is 5.32 Å². The Morgan fingerprint density at radius 1 is 0.947 bits per heavy atom. The Hall–Kier alpha value is -1.27. The van der Waals surface area contributed by atoms with E-state index in [1.165, 1.54) is 30.3 Å². The van der Waals surface area contributed by atoms with Gasteiger partial charge in [-0.25, -0.2) is 8.78 Å². The van der Waals surface area contributed by atoms with E-state index in [9.17, 15) is 13.6 Å². The molecule has 0 heterocycles. The van der Waals surface area contributed by atoms with Gasteiger partial charge < -0.3 is 5.32 Å². The molecule has 0 radical (unpaired) electrons. The molecule has 98 valence electrons. The largest absolute Gasteiger partial charge is 0.319 e. The monoisotopic (exact) mass is 389 g/mol. The molecule has 0 bridgehead atoms. The van der Waals surface area contributed by atoms with Crippen LogP contribution in [-0.4, -0.2) is 5.91 Å². The summed E-state index contributed by atoms with van der Waals surface area (Å²) < 4.78 is 28.2. The van der Waals surface area contributed by atoms with E-state index in [1.54, 1.807) is 6.07 Å². The van der Waals surface area contributed by atoms with Crippen LogP contribution in [0.15, 0.2) is 45.3 Å². The summed E-state index contributed by atoms with van der Waals surface area (Å²) in [7, 11) is 0. The SMILES string of the molecule is O=C(Nc1ccc(Br)cc1F)c1ccc(Br)cc1F. The molecule has 1 N–H and O–H groups in total. The molecule has 0 aliphatic rings. The maximum Gasteiger partial charge on any atom is 0.258 e. The van der Waals surface area contributed by atoms with Crippen LogP contribution in [0.1, 0.15) is 10.4 Å². The van der Waals surface area contributed by atoms with E-state index < -0.39 is 17.5 Å². The highest BCUT2D eigenvalue weighted by molar-refractivity contribution is 9.10. The van der Waals surface area contributed by atoms with Gasteiger partial charge in [0.15, 0.2) is 0 Å². The van der Waals surface area contributed by atoms with Crippen molar-refractivity contribution in [2.24, 2.45) is 0 Å². The molecular formula is C13H7Br2F2NO. The minimum absolute atomic E-state index is 0.00415. The van der Waals surface area contributed by atoms with Crippen molar-refractivity contribution in [2.75, 3.05) is 5.32 Å². The van der Waals surface area contributed by atoms with Crippen LogP contribution >= 0.6 is 31.9 Å². The number of amides is 1. The molecule has 1 amide bonds. The highest BCUT2D eigenvalue weighted by atomic mass is 79.9. The number of anilines is 1. The third-order valence-electron chi connectivity index (χ3n) is 2.36. The fourth-order valence-electron chi connectivity index (χ4n) is 1.45. The number of carbonyl (C=O) groups is 1. The molecule has 19 heavy (non-hydrogen) atoms. The van der Waals surface area contributed by atoms with E-state index in [1.807, 2.05) is 0 Å². The van der Waals surface area contributed by atoms with Gasteiger partial charge in [-0.2, -0.15) is 0 Å². The predicted molar refractivity (Wildman–Crippen MR) is 76.2 cm³/mol. The smallest absolute Gasteiger partial charge is 0.258 e. The van der Waals surface area contributed by atoms with Crippen molar-refractivity contribution in [1.82, 2.24) is 0 Å². The third kappa shape index (κ3) is 3.39. The summed E-state index contributed by atoms with van der Waals surface area (Å²) in [6.07, 6.45) is 0. The molecule has 2 nitrogen and oxygen atoms in total. The Bertz CT molecular complexity index is 647. The van der Waals surface area contributed by atoms with Crippen molar-refractivity contribution in [3.63, 3.8) is 0 Å². The number of carbonyl (C=O) groups excluding carboxylic acids is 1. The highest BCUT2D eigenvalue weighted by Gasteiger charge is 2.14. The molecule has 0 unspecified atom stereocenters. The average Bonchev–Trinajstić information content (AvgIpc) is 2.32. The first-order valence-corrected chi connectivity index (χ1v) is 6.77. The third-order valence-corrected chi connectivity index (χ3v) is 3.34. The molecule has 6 heteroatoms. The molecule has 0 spiro atoms. The zero-order valence-electron chi connectivity index (χ0n) is 9.38. The average molecular weight is 391 g/mol. The molecule has 0 saturated carbocycles. The van der Waals surface area contributed by atoms with Gasteiger partial charge in [-0.15, -0.1) is 0 Å². The molecule has 0 aliphatic carbocycles. The van der Waals surface area contributed by atoms with Crippen molar-refractivity contribution < 1.29 is 13.6 Å². The topological polar surface area (TPSA) is 29.1 Å². The summed E-state index contributed by atoms with van der Waals surface area (Å²) in [6, 6.07) is 8.23. The number of rotatable bonds is 2. The highest BCUT2D eigenvalue weighted by Crippen LogP contribution is 2.21. The number of halogens is 4. The van der Waals surface area contributed by atoms with Crippen molar-refractivity contribution >= 4 is 43.5 Å². The molecule has 2 aromatic rings. The summed E-state index contributed by atoms with van der Waals surface area (Å²) in [5.74, 6) is -1.98. The van der Waals surface area contributed by atoms with Crippen molar-refractivity contribution in [1.29, 1.82) is 0 Å². The molecular weight excluding hydrogens is 384 g/mol. The van der Waals surface area contributed by atoms with Gasteiger partial charge >= 0.3 is 0 Å². The lowest BCUT2D eigenvalue weighted by molar-refractivity contribution is 0.102. The zero-order chi connectivity index (χ0) is 14.0. The second-order valence-corrected chi connectivity index (χ2v) is 5.53. The van der Waals surface area contributed by atoms with Gasteiger partial charge in [0.1, 0.15) is 11.6 Å². The van der Waals surface area contributed by atoms with Gasteiger partial charge in [-0.1, -0.05) is 31.9 Å². The van der Waals surface area contributed by atoms with Crippen molar-refractivity contribution in [2.45, 2.75) is 0 Å². The van der Waals surface area contributed by atoms with E-state index in [0.29, 0.717) is 8.95 Å². The normalized spacial score (nSPS) is 10.3. The molecule has 0 fully saturated rings. The summed E-state index contributed by atoms with van der Waals surface area (Å²) in [4.78, 5) is 11.8. The van der Waals surface area contributed by atoms with Crippen LogP contribution in [0.2, 0.25) is 0 Å². The lowest BCUT2D eigenvalue weighted by atomic mass is 10.2. The summed E-state index contributed by atoms with van der Waals surface area (Å²) >= 11 is 6.20. The maximum absolute atomic E-state index is 13.6. The van der Waals surface area contributed by atoms with Gasteiger partial charge in [0.05, 0.1) is 11.3 Å². The first-order chi connectivity index (χ1) is 8.97. The lowest BCUT2D eigenvalue weighted by Crippen LogP contribution is -2.14. The Morgan fingerprint density at radius 3 is 2.11 bits per heavy atom. The van der Waals surface area contributed by atoms with Gasteiger partial charge in [0.25, 0.3) is 5.91 Å². The standard InChI is InChI=1S/C13H7Br2F2NO/c14-7-1-3-9(10(16)5-7)13(19)18-12-4-2-8(15)6-11(12)17/h1-6H,(H,18,19). The van der Waals surface area contributed by atoms with Gasteiger partial charge in [-0.05, 0) is 36.4 Å². The second-order valence-electron chi connectivity index (χ2n) is 3.70. The molecule has 0 aromatic heterocycles. The van der Waals surface area contributed by atoms with Gasteiger partial charge in [-0.3, -0.25) is 4.79 Å². The quantitative estimate of drug-likeness (QED) is 0.788. The molecule has 0 aliphatic heterocycles. The summed E-state index contributed by atoms with van der Waals surface area (Å²) in [6.45, 7) is 0. The fraction of sp³-hybridized carbons (Fsp3) is 0. The minimum atomic E-state index is -0.703. The van der Waals surface area contributed by atoms with E-state index in [4.69, 9.17) is 0 Å². The van der Waals surface area contributed by atoms with Crippen LogP contribution in [0.4, 0.5) is 14.5 Å². The van der Waals surface area contributed by atoms with Gasteiger partial charge in [0.2, 0.25) is 0 Å². The van der Waals surface area contributed by atoms with E-state index in [2.05, 4.69) is 37.2 Å². The predicted octanol–water partition coefficient (Wildman–Crippen LogP) is 4.74. The van der Waals surface area contributed by atoms with Crippen molar-refractivity contribution in [3.8, 4) is 0 Å². The molecule has 2 aromatic carbocycles. The lowest BCUT2D eigenvalue weighted by Gasteiger charge is -2.07. The second kappa shape index (κ2) is 5.79. The Morgan fingerprint density at radius 2 is 1.53 bits per heavy atom. The van der Waals surface area contributed by atoms with Crippen LogP contribution in [0.3, 0.4) is 0 Å². The maximum atomic E-state index is 13.6. The first-order valence-electron chi connectivity index (χ1n) is 5.19. The fourth-order valence-corrected chi connectivity index (χ4v) is 2.12.